The van der Waals surface area contributed by atoms with Gasteiger partial charge in [-0.2, -0.15) is 0 Å². The molecule has 2 fully saturated rings. The molecular weight excluding hydrogens is 206 g/mol. The van der Waals surface area contributed by atoms with Crippen molar-refractivity contribution < 1.29 is 14.6 Å². The minimum absolute atomic E-state index is 0.257. The molecule has 0 radical (unpaired) electrons. The van der Waals surface area contributed by atoms with E-state index in [2.05, 4.69) is 4.90 Å². The number of carbonyl (C=O) groups is 1. The average Bonchev–Trinajstić information content (AvgIpc) is 2.81. The Labute approximate surface area is 96.6 Å². The van der Waals surface area contributed by atoms with Crippen molar-refractivity contribution in [1.82, 2.24) is 4.90 Å². The number of aliphatic hydroxyl groups excluding tert-OH is 1. The molecular formula is C12H21NO3. The summed E-state index contributed by atoms with van der Waals surface area (Å²) in [6.07, 6.45) is 4.51. The quantitative estimate of drug-likeness (QED) is 0.708. The molecule has 2 rings (SSSR count). The van der Waals surface area contributed by atoms with Gasteiger partial charge in [0.1, 0.15) is 0 Å². The first-order chi connectivity index (χ1) is 7.72. The highest BCUT2D eigenvalue weighted by Gasteiger charge is 2.37. The molecule has 0 spiro atoms. The summed E-state index contributed by atoms with van der Waals surface area (Å²) >= 11 is 0. The Morgan fingerprint density at radius 1 is 1.31 bits per heavy atom. The van der Waals surface area contributed by atoms with Gasteiger partial charge in [0.25, 0.3) is 0 Å². The molecule has 92 valence electrons. The van der Waals surface area contributed by atoms with Crippen LogP contribution in [0.3, 0.4) is 0 Å². The minimum atomic E-state index is -0.521. The van der Waals surface area contributed by atoms with E-state index >= 15 is 0 Å². The Morgan fingerprint density at radius 3 is 2.56 bits per heavy atom. The maximum absolute atomic E-state index is 11.4. The monoisotopic (exact) mass is 227 g/mol. The Kier molecular flexibility index (Phi) is 3.82. The summed E-state index contributed by atoms with van der Waals surface area (Å²) in [5.41, 5.74) is 0. The fraction of sp³-hybridized carbons (Fsp3) is 0.917. The third-order valence-corrected chi connectivity index (χ3v) is 3.95. The molecule has 4 heteroatoms. The SMILES string of the molecule is COC(=O)C1CCC(N2CCCC2)CC1O. The van der Waals surface area contributed by atoms with E-state index < -0.39 is 6.10 Å². The van der Waals surface area contributed by atoms with Gasteiger partial charge in [0.2, 0.25) is 0 Å². The lowest BCUT2D eigenvalue weighted by Crippen LogP contribution is -2.44. The van der Waals surface area contributed by atoms with E-state index in [1.165, 1.54) is 20.0 Å². The highest BCUT2D eigenvalue weighted by molar-refractivity contribution is 5.73. The summed E-state index contributed by atoms with van der Waals surface area (Å²) in [5.74, 6) is -0.559. The number of methoxy groups -OCH3 is 1. The van der Waals surface area contributed by atoms with Crippen molar-refractivity contribution in [2.45, 2.75) is 44.2 Å². The summed E-state index contributed by atoms with van der Waals surface area (Å²) < 4.78 is 4.71. The Bertz CT molecular complexity index is 251. The predicted molar refractivity (Wildman–Crippen MR) is 60.0 cm³/mol. The fourth-order valence-electron chi connectivity index (χ4n) is 2.99. The Balaban J connectivity index is 1.88. The van der Waals surface area contributed by atoms with Gasteiger partial charge in [0, 0.05) is 6.04 Å². The molecule has 0 aromatic rings. The van der Waals surface area contributed by atoms with Crippen molar-refractivity contribution in [2.24, 2.45) is 5.92 Å². The molecule has 1 saturated heterocycles. The van der Waals surface area contributed by atoms with Crippen LogP contribution in [0.4, 0.5) is 0 Å². The van der Waals surface area contributed by atoms with Gasteiger partial charge < -0.3 is 14.7 Å². The van der Waals surface area contributed by atoms with Crippen molar-refractivity contribution in [3.8, 4) is 0 Å². The number of esters is 1. The summed E-state index contributed by atoms with van der Waals surface area (Å²) in [6.45, 7) is 2.31. The fourth-order valence-corrected chi connectivity index (χ4v) is 2.99. The number of likely N-dealkylation sites (tertiary alicyclic amines) is 1. The first-order valence-corrected chi connectivity index (χ1v) is 6.22. The normalized spacial score (nSPS) is 36.2. The van der Waals surface area contributed by atoms with Gasteiger partial charge in [-0.3, -0.25) is 4.79 Å². The molecule has 16 heavy (non-hydrogen) atoms. The van der Waals surface area contributed by atoms with Gasteiger partial charge in [-0.05, 0) is 45.2 Å². The molecule has 0 bridgehead atoms. The average molecular weight is 227 g/mol. The molecule has 1 saturated carbocycles. The maximum Gasteiger partial charge on any atom is 0.311 e. The molecule has 0 aromatic heterocycles. The highest BCUT2D eigenvalue weighted by Crippen LogP contribution is 2.30. The van der Waals surface area contributed by atoms with Crippen molar-refractivity contribution in [3.05, 3.63) is 0 Å². The molecule has 0 aromatic carbocycles. The van der Waals surface area contributed by atoms with Gasteiger partial charge >= 0.3 is 5.97 Å². The largest absolute Gasteiger partial charge is 0.469 e. The molecule has 1 aliphatic carbocycles. The van der Waals surface area contributed by atoms with E-state index in [0.29, 0.717) is 6.04 Å². The number of rotatable bonds is 2. The third-order valence-electron chi connectivity index (χ3n) is 3.95. The number of hydrogen-bond acceptors (Lipinski definition) is 4. The van der Waals surface area contributed by atoms with E-state index in [9.17, 15) is 9.90 Å². The van der Waals surface area contributed by atoms with Crippen LogP contribution in [0.15, 0.2) is 0 Å². The first-order valence-electron chi connectivity index (χ1n) is 6.22. The number of nitrogens with zero attached hydrogens (tertiary/aromatic N) is 1. The van der Waals surface area contributed by atoms with Crippen LogP contribution in [-0.2, 0) is 9.53 Å². The molecule has 1 aliphatic heterocycles. The molecule has 2 aliphatic rings. The molecule has 3 atom stereocenters. The van der Waals surface area contributed by atoms with Gasteiger partial charge in [0.15, 0.2) is 0 Å². The van der Waals surface area contributed by atoms with Crippen LogP contribution >= 0.6 is 0 Å². The van der Waals surface area contributed by atoms with E-state index in [4.69, 9.17) is 4.74 Å². The number of hydrogen-bond donors (Lipinski definition) is 1. The minimum Gasteiger partial charge on any atom is -0.469 e. The lowest BCUT2D eigenvalue weighted by molar-refractivity contribution is -0.152. The topological polar surface area (TPSA) is 49.8 Å². The van der Waals surface area contributed by atoms with Crippen LogP contribution in [0.1, 0.15) is 32.1 Å². The maximum atomic E-state index is 11.4. The van der Waals surface area contributed by atoms with Crippen LogP contribution in [0.25, 0.3) is 0 Å². The smallest absolute Gasteiger partial charge is 0.311 e. The van der Waals surface area contributed by atoms with Gasteiger partial charge in [-0.1, -0.05) is 0 Å². The predicted octanol–water partition coefficient (Wildman–Crippen LogP) is 0.785. The second-order valence-electron chi connectivity index (χ2n) is 4.91. The van der Waals surface area contributed by atoms with Crippen molar-refractivity contribution in [1.29, 1.82) is 0 Å². The zero-order valence-electron chi connectivity index (χ0n) is 9.89. The van der Waals surface area contributed by atoms with Crippen LogP contribution in [-0.4, -0.2) is 48.3 Å². The first kappa shape index (κ1) is 11.9. The van der Waals surface area contributed by atoms with Crippen molar-refractivity contribution >= 4 is 5.97 Å². The van der Waals surface area contributed by atoms with Crippen LogP contribution in [0.5, 0.6) is 0 Å². The van der Waals surface area contributed by atoms with Gasteiger partial charge in [-0.25, -0.2) is 0 Å². The van der Waals surface area contributed by atoms with E-state index in [1.54, 1.807) is 0 Å². The summed E-state index contributed by atoms with van der Waals surface area (Å²) in [7, 11) is 1.39. The molecule has 4 nitrogen and oxygen atoms in total. The molecule has 0 amide bonds. The molecule has 3 unspecified atom stereocenters. The summed E-state index contributed by atoms with van der Waals surface area (Å²) in [5, 5.41) is 9.97. The summed E-state index contributed by atoms with van der Waals surface area (Å²) in [4.78, 5) is 13.9. The second-order valence-corrected chi connectivity index (χ2v) is 4.91. The lowest BCUT2D eigenvalue weighted by Gasteiger charge is -2.36. The van der Waals surface area contributed by atoms with E-state index in [0.717, 1.165) is 32.4 Å². The number of ether oxygens (including phenoxy) is 1. The zero-order valence-corrected chi connectivity index (χ0v) is 9.89. The van der Waals surface area contributed by atoms with Crippen LogP contribution in [0, 0.1) is 5.92 Å². The number of carbonyl (C=O) groups excluding carboxylic acids is 1. The number of aliphatic hydroxyl groups is 1. The standard InChI is InChI=1S/C12H21NO3/c1-16-12(15)10-5-4-9(8-11(10)14)13-6-2-3-7-13/h9-11,14H,2-8H2,1H3. The van der Waals surface area contributed by atoms with Crippen molar-refractivity contribution in [3.63, 3.8) is 0 Å². The highest BCUT2D eigenvalue weighted by atomic mass is 16.5. The van der Waals surface area contributed by atoms with E-state index in [-0.39, 0.29) is 11.9 Å². The molecule has 1 N–H and O–H groups in total. The van der Waals surface area contributed by atoms with Crippen LogP contribution < -0.4 is 0 Å². The molecule has 1 heterocycles. The second kappa shape index (κ2) is 5.15. The third kappa shape index (κ3) is 2.38. The Hall–Kier alpha value is -0.610. The van der Waals surface area contributed by atoms with E-state index in [1.807, 2.05) is 0 Å². The van der Waals surface area contributed by atoms with Crippen LogP contribution in [0.2, 0.25) is 0 Å². The van der Waals surface area contributed by atoms with Gasteiger partial charge in [-0.15, -0.1) is 0 Å². The van der Waals surface area contributed by atoms with Crippen molar-refractivity contribution in [2.75, 3.05) is 20.2 Å². The summed E-state index contributed by atoms with van der Waals surface area (Å²) in [6, 6.07) is 0.471. The van der Waals surface area contributed by atoms with Gasteiger partial charge in [0.05, 0.1) is 19.1 Å². The lowest BCUT2D eigenvalue weighted by atomic mass is 9.83. The zero-order chi connectivity index (χ0) is 11.5. The Morgan fingerprint density at radius 2 is 2.00 bits per heavy atom.